The number of benzene rings is 1. The number of phosphoric ester groups is 1. The second-order valence-corrected chi connectivity index (χ2v) is 9.86. The lowest BCUT2D eigenvalue weighted by atomic mass is 9.99. The molecule has 4 rings (SSSR count). The number of nitrogens with two attached hydrogens (primary N) is 1. The fraction of sp³-hybridized carbons (Fsp3) is 0.333. The third kappa shape index (κ3) is 7.35. The minimum absolute atomic E-state index is 0.00899. The minimum Gasteiger partial charge on any atom is -0.461 e. The topological polar surface area (TPSA) is 236 Å². The highest BCUT2D eigenvalue weighted by atomic mass is 31.2. The van der Waals surface area contributed by atoms with Crippen LogP contribution in [0.1, 0.15) is 32.6 Å². The van der Waals surface area contributed by atoms with Gasteiger partial charge in [0.15, 0.2) is 6.10 Å². The number of esters is 2. The molecule has 1 fully saturated rings. The van der Waals surface area contributed by atoms with Gasteiger partial charge in [0.2, 0.25) is 6.29 Å². The van der Waals surface area contributed by atoms with Crippen LogP contribution in [0.4, 0.5) is 0 Å². The van der Waals surface area contributed by atoms with Crippen molar-refractivity contribution >= 4 is 19.8 Å². The summed E-state index contributed by atoms with van der Waals surface area (Å²) in [4.78, 5) is 49.5. The lowest BCUT2D eigenvalue weighted by Crippen LogP contribution is -2.62. The summed E-state index contributed by atoms with van der Waals surface area (Å²) in [6.45, 7) is -0.607. The van der Waals surface area contributed by atoms with E-state index in [1.54, 1.807) is 6.07 Å². The number of aromatic nitrogens is 2. The van der Waals surface area contributed by atoms with Gasteiger partial charge in [0.25, 0.3) is 0 Å². The summed E-state index contributed by atoms with van der Waals surface area (Å²) >= 11 is 0. The molecule has 1 aliphatic heterocycles. The first-order valence-electron chi connectivity index (χ1n) is 11.9. The second-order valence-electron chi connectivity index (χ2n) is 8.67. The SMILES string of the molecule is NCC(O)c1ccc(OC2OC(COC(=O)c3ccc[nH]3)C(O)C(OP(=O)(O)O)C2OC(=O)c2ccc[nH]2)cc1. The number of nitrogens with one attached hydrogen (secondary N) is 2. The van der Waals surface area contributed by atoms with Crippen LogP contribution in [0, 0.1) is 0 Å². The summed E-state index contributed by atoms with van der Waals surface area (Å²) in [6.07, 6.45) is -6.48. The van der Waals surface area contributed by atoms with Crippen LogP contribution >= 0.6 is 7.82 Å². The highest BCUT2D eigenvalue weighted by Crippen LogP contribution is 2.42. The lowest BCUT2D eigenvalue weighted by molar-refractivity contribution is -0.273. The van der Waals surface area contributed by atoms with Crippen LogP contribution < -0.4 is 10.5 Å². The quantitative estimate of drug-likeness (QED) is 0.120. The van der Waals surface area contributed by atoms with E-state index >= 15 is 0 Å². The van der Waals surface area contributed by atoms with Gasteiger partial charge in [-0.25, -0.2) is 14.2 Å². The maximum atomic E-state index is 12.8. The molecule has 2 aromatic heterocycles. The van der Waals surface area contributed by atoms with Gasteiger partial charge in [-0.3, -0.25) is 4.52 Å². The Bertz CT molecular complexity index is 1300. The number of ether oxygens (including phenoxy) is 4. The van der Waals surface area contributed by atoms with Crippen molar-refractivity contribution in [2.75, 3.05) is 13.2 Å². The molecule has 0 spiro atoms. The predicted molar refractivity (Wildman–Crippen MR) is 134 cm³/mol. The largest absolute Gasteiger partial charge is 0.470 e. The van der Waals surface area contributed by atoms with Gasteiger partial charge in [-0.15, -0.1) is 0 Å². The Morgan fingerprint density at radius 1 is 1.00 bits per heavy atom. The van der Waals surface area contributed by atoms with Crippen LogP contribution in [0.2, 0.25) is 0 Å². The molecule has 1 saturated heterocycles. The molecule has 3 heterocycles. The van der Waals surface area contributed by atoms with E-state index in [-0.39, 0.29) is 23.7 Å². The number of hydrogen-bond donors (Lipinski definition) is 7. The molecule has 0 radical (unpaired) electrons. The Morgan fingerprint density at radius 3 is 2.17 bits per heavy atom. The number of carbonyl (C=O) groups is 2. The first-order chi connectivity index (χ1) is 19.1. The van der Waals surface area contributed by atoms with Crippen LogP contribution in [0.5, 0.6) is 5.75 Å². The van der Waals surface area contributed by atoms with Gasteiger partial charge >= 0.3 is 19.8 Å². The van der Waals surface area contributed by atoms with Gasteiger partial charge in [0, 0.05) is 18.9 Å². The number of aliphatic hydroxyl groups excluding tert-OH is 2. The van der Waals surface area contributed by atoms with Crippen molar-refractivity contribution in [3.8, 4) is 5.75 Å². The molecule has 16 heteroatoms. The van der Waals surface area contributed by atoms with Gasteiger partial charge in [-0.1, -0.05) is 12.1 Å². The van der Waals surface area contributed by atoms with Gasteiger partial charge in [0.05, 0.1) is 6.10 Å². The molecule has 40 heavy (non-hydrogen) atoms. The van der Waals surface area contributed by atoms with Crippen molar-refractivity contribution in [1.82, 2.24) is 9.97 Å². The normalized spacial score (nSPS) is 23.8. The Morgan fingerprint density at radius 2 is 1.62 bits per heavy atom. The standard InChI is InChI=1S/C24H28N3O12P/c25-11-17(28)13-5-7-14(8-6-13)36-24-21(38-23(31)16-4-2-10-27-16)20(39-40(32,33)34)19(29)18(37-24)12-35-22(30)15-3-1-9-26-15/h1-10,17-21,24,26-29H,11-12,25H2,(H2,32,33,34). The molecule has 8 N–H and O–H groups in total. The summed E-state index contributed by atoms with van der Waals surface area (Å²) in [5, 5.41) is 20.9. The lowest BCUT2D eigenvalue weighted by Gasteiger charge is -2.43. The number of carbonyl (C=O) groups excluding carboxylic acids is 2. The van der Waals surface area contributed by atoms with Crippen LogP contribution in [0.3, 0.4) is 0 Å². The van der Waals surface area contributed by atoms with Crippen molar-refractivity contribution < 1.29 is 57.6 Å². The average Bonchev–Trinajstić information content (AvgIpc) is 3.65. The average molecular weight is 581 g/mol. The molecule has 0 saturated carbocycles. The molecule has 6 unspecified atom stereocenters. The first-order valence-corrected chi connectivity index (χ1v) is 13.5. The zero-order chi connectivity index (χ0) is 28.9. The van der Waals surface area contributed by atoms with E-state index in [1.807, 2.05) is 0 Å². The van der Waals surface area contributed by atoms with Crippen LogP contribution in [0.25, 0.3) is 0 Å². The van der Waals surface area contributed by atoms with Gasteiger partial charge in [0.1, 0.15) is 42.1 Å². The zero-order valence-corrected chi connectivity index (χ0v) is 21.6. The van der Waals surface area contributed by atoms with Crippen molar-refractivity contribution in [3.05, 3.63) is 77.9 Å². The van der Waals surface area contributed by atoms with Crippen LogP contribution in [0.15, 0.2) is 60.9 Å². The summed E-state index contributed by atoms with van der Waals surface area (Å²) in [7, 11) is -5.27. The second kappa shape index (κ2) is 12.8. The van der Waals surface area contributed by atoms with Crippen molar-refractivity contribution in [2.45, 2.75) is 36.8 Å². The molecule has 6 atom stereocenters. The fourth-order valence-electron chi connectivity index (χ4n) is 3.90. The Kier molecular flexibility index (Phi) is 9.40. The van der Waals surface area contributed by atoms with E-state index in [0.717, 1.165) is 0 Å². The number of phosphoric acid groups is 1. The van der Waals surface area contributed by atoms with E-state index in [4.69, 9.17) is 29.2 Å². The van der Waals surface area contributed by atoms with Crippen LogP contribution in [-0.4, -0.2) is 85.8 Å². The van der Waals surface area contributed by atoms with Crippen molar-refractivity contribution in [3.63, 3.8) is 0 Å². The minimum atomic E-state index is -5.27. The van der Waals surface area contributed by atoms with E-state index in [1.165, 1.54) is 54.9 Å². The van der Waals surface area contributed by atoms with Crippen molar-refractivity contribution in [2.24, 2.45) is 5.73 Å². The van der Waals surface area contributed by atoms with Crippen molar-refractivity contribution in [1.29, 1.82) is 0 Å². The van der Waals surface area contributed by atoms with Gasteiger partial charge in [-0.2, -0.15) is 0 Å². The molecular weight excluding hydrogens is 553 g/mol. The fourth-order valence-corrected chi connectivity index (χ4v) is 4.46. The first kappa shape index (κ1) is 29.5. The van der Waals surface area contributed by atoms with Gasteiger partial charge in [-0.05, 0) is 42.0 Å². The summed E-state index contributed by atoms with van der Waals surface area (Å²) in [5.41, 5.74) is 6.07. The maximum Gasteiger partial charge on any atom is 0.470 e. The number of rotatable bonds is 11. The van der Waals surface area contributed by atoms with Crippen LogP contribution in [-0.2, 0) is 23.3 Å². The molecule has 0 amide bonds. The third-order valence-electron chi connectivity index (χ3n) is 5.88. The monoisotopic (exact) mass is 581 g/mol. The molecule has 3 aromatic rings. The molecule has 0 aliphatic carbocycles. The molecule has 1 aromatic carbocycles. The third-order valence-corrected chi connectivity index (χ3v) is 6.39. The number of aliphatic hydroxyl groups is 2. The Labute approximate surface area is 227 Å². The molecule has 15 nitrogen and oxygen atoms in total. The van der Waals surface area contributed by atoms with E-state index in [2.05, 4.69) is 9.97 Å². The molecule has 1 aliphatic rings. The smallest absolute Gasteiger partial charge is 0.461 e. The van der Waals surface area contributed by atoms with E-state index in [9.17, 15) is 34.2 Å². The Balaban J connectivity index is 1.62. The van der Waals surface area contributed by atoms with E-state index in [0.29, 0.717) is 5.56 Å². The Hall–Kier alpha value is -3.53. The molecular formula is C24H28N3O12P. The number of aromatic amines is 2. The predicted octanol–water partition coefficient (Wildman–Crippen LogP) is 0.360. The molecule has 216 valence electrons. The summed E-state index contributed by atoms with van der Waals surface area (Å²) in [5.74, 6) is -1.62. The number of hydrogen-bond acceptors (Lipinski definition) is 11. The highest BCUT2D eigenvalue weighted by molar-refractivity contribution is 7.46. The summed E-state index contributed by atoms with van der Waals surface area (Å²) < 4.78 is 39.0. The van der Waals surface area contributed by atoms with E-state index < -0.39 is 63.2 Å². The highest BCUT2D eigenvalue weighted by Gasteiger charge is 2.52. The van der Waals surface area contributed by atoms with Gasteiger partial charge < -0.3 is 54.6 Å². The molecule has 0 bridgehead atoms. The zero-order valence-electron chi connectivity index (χ0n) is 20.7. The summed E-state index contributed by atoms with van der Waals surface area (Å²) in [6, 6.07) is 11.9. The maximum absolute atomic E-state index is 12.8. The number of H-pyrrole nitrogens is 2.